The first kappa shape index (κ1) is 9.49. The van der Waals surface area contributed by atoms with Crippen molar-refractivity contribution in [1.29, 1.82) is 5.41 Å². The molecule has 0 bridgehead atoms. The van der Waals surface area contributed by atoms with E-state index in [1.54, 1.807) is 0 Å². The molecule has 0 aliphatic carbocycles. The highest BCUT2D eigenvalue weighted by atomic mass is 16.1. The molecular formula is C10H17N3O. The average Bonchev–Trinajstić information content (AvgIpc) is 2.20. The van der Waals surface area contributed by atoms with E-state index in [9.17, 15) is 4.79 Å². The molecule has 4 nitrogen and oxygen atoms in total. The topological polar surface area (TPSA) is 56.2 Å². The number of nitrogens with zero attached hydrogens (tertiary/aromatic N) is 1. The Morgan fingerprint density at radius 3 is 2.86 bits per heavy atom. The zero-order valence-electron chi connectivity index (χ0n) is 8.38. The monoisotopic (exact) mass is 195 g/mol. The van der Waals surface area contributed by atoms with Crippen LogP contribution < -0.4 is 5.32 Å². The third-order valence-electron chi connectivity index (χ3n) is 3.09. The van der Waals surface area contributed by atoms with Crippen LogP contribution in [-0.4, -0.2) is 35.8 Å². The van der Waals surface area contributed by atoms with Crippen molar-refractivity contribution < 1.29 is 4.79 Å². The van der Waals surface area contributed by atoms with Crippen molar-refractivity contribution in [3.63, 3.8) is 0 Å². The highest BCUT2D eigenvalue weighted by Crippen LogP contribution is 2.18. The first-order valence-electron chi connectivity index (χ1n) is 5.38. The van der Waals surface area contributed by atoms with Gasteiger partial charge < -0.3 is 10.2 Å². The Bertz CT molecular complexity index is 242. The molecule has 1 amide bonds. The Morgan fingerprint density at radius 2 is 2.21 bits per heavy atom. The Labute approximate surface area is 84.2 Å². The fourth-order valence-electron chi connectivity index (χ4n) is 2.24. The van der Waals surface area contributed by atoms with Gasteiger partial charge in [-0.1, -0.05) is 0 Å². The maximum Gasteiger partial charge on any atom is 0.220 e. The van der Waals surface area contributed by atoms with Crippen LogP contribution in [0.3, 0.4) is 0 Å². The second kappa shape index (κ2) is 3.98. The molecule has 2 saturated heterocycles. The van der Waals surface area contributed by atoms with Crippen LogP contribution in [0.1, 0.15) is 32.1 Å². The van der Waals surface area contributed by atoms with E-state index in [2.05, 4.69) is 10.2 Å². The lowest BCUT2D eigenvalue weighted by Crippen LogP contribution is -2.51. The summed E-state index contributed by atoms with van der Waals surface area (Å²) in [6.45, 7) is 1.72. The van der Waals surface area contributed by atoms with Crippen molar-refractivity contribution in [2.75, 3.05) is 13.1 Å². The number of piperidine rings is 2. The minimum absolute atomic E-state index is 0.157. The van der Waals surface area contributed by atoms with Crippen LogP contribution in [0.2, 0.25) is 0 Å². The van der Waals surface area contributed by atoms with Crippen LogP contribution in [0.25, 0.3) is 0 Å². The molecule has 0 aromatic rings. The predicted molar refractivity (Wildman–Crippen MR) is 54.3 cm³/mol. The van der Waals surface area contributed by atoms with E-state index in [0.29, 0.717) is 12.5 Å². The Morgan fingerprint density at radius 1 is 1.36 bits per heavy atom. The molecule has 2 aliphatic rings. The van der Waals surface area contributed by atoms with Gasteiger partial charge in [0.05, 0.1) is 5.84 Å². The first-order valence-corrected chi connectivity index (χ1v) is 5.38. The van der Waals surface area contributed by atoms with Crippen molar-refractivity contribution in [3.8, 4) is 0 Å². The molecule has 2 aliphatic heterocycles. The number of carbonyl (C=O) groups excluding carboxylic acids is 1. The zero-order valence-corrected chi connectivity index (χ0v) is 8.38. The molecule has 2 rings (SSSR count). The van der Waals surface area contributed by atoms with E-state index < -0.39 is 0 Å². The summed E-state index contributed by atoms with van der Waals surface area (Å²) in [4.78, 5) is 13.2. The molecule has 4 heteroatoms. The van der Waals surface area contributed by atoms with Crippen LogP contribution in [0.5, 0.6) is 0 Å². The minimum Gasteiger partial charge on any atom is -0.356 e. The molecule has 0 saturated carbocycles. The predicted octanol–water partition coefficient (Wildman–Crippen LogP) is 0.728. The summed E-state index contributed by atoms with van der Waals surface area (Å²) in [5, 5.41) is 10.7. The molecule has 0 spiro atoms. The van der Waals surface area contributed by atoms with Crippen molar-refractivity contribution in [1.82, 2.24) is 10.2 Å². The standard InChI is InChI=1S/C10H17N3O/c11-9-3-1-2-6-13(9)8-4-5-10(14)12-7-8/h8,11H,1-7H2,(H,12,14). The van der Waals surface area contributed by atoms with Gasteiger partial charge in [0.2, 0.25) is 5.91 Å². The third kappa shape index (κ3) is 1.89. The SMILES string of the molecule is N=C1CCCCN1C1CCC(=O)NC1. The molecule has 1 unspecified atom stereocenters. The number of likely N-dealkylation sites (tertiary alicyclic amines) is 1. The maximum atomic E-state index is 11.0. The second-order valence-corrected chi connectivity index (χ2v) is 4.09. The molecule has 78 valence electrons. The molecule has 14 heavy (non-hydrogen) atoms. The summed E-state index contributed by atoms with van der Waals surface area (Å²) >= 11 is 0. The fourth-order valence-corrected chi connectivity index (χ4v) is 2.24. The Hall–Kier alpha value is -1.06. The number of nitrogens with one attached hydrogen (secondary N) is 2. The number of amides is 1. The van der Waals surface area contributed by atoms with Gasteiger partial charge in [-0.05, 0) is 19.3 Å². The van der Waals surface area contributed by atoms with Crippen molar-refractivity contribution in [2.45, 2.75) is 38.1 Å². The lowest BCUT2D eigenvalue weighted by molar-refractivity contribution is -0.123. The summed E-state index contributed by atoms with van der Waals surface area (Å²) in [5.41, 5.74) is 0. The number of amidine groups is 1. The van der Waals surface area contributed by atoms with Crippen LogP contribution >= 0.6 is 0 Å². The van der Waals surface area contributed by atoms with E-state index in [1.165, 1.54) is 6.42 Å². The van der Waals surface area contributed by atoms with Crippen LogP contribution in [0.15, 0.2) is 0 Å². The quantitative estimate of drug-likeness (QED) is 0.648. The Balaban J connectivity index is 1.93. The molecule has 2 fully saturated rings. The van der Waals surface area contributed by atoms with Gasteiger partial charge in [0.25, 0.3) is 0 Å². The van der Waals surface area contributed by atoms with Gasteiger partial charge in [-0.2, -0.15) is 0 Å². The fraction of sp³-hybridized carbons (Fsp3) is 0.800. The summed E-state index contributed by atoms with van der Waals surface area (Å²) in [6.07, 6.45) is 4.77. The lowest BCUT2D eigenvalue weighted by Gasteiger charge is -2.38. The van der Waals surface area contributed by atoms with Gasteiger partial charge in [0, 0.05) is 32.0 Å². The number of hydrogen-bond donors (Lipinski definition) is 2. The summed E-state index contributed by atoms with van der Waals surface area (Å²) in [6, 6.07) is 0.375. The van der Waals surface area contributed by atoms with Gasteiger partial charge in [-0.25, -0.2) is 0 Å². The van der Waals surface area contributed by atoms with Gasteiger partial charge in [-0.3, -0.25) is 10.2 Å². The molecule has 2 heterocycles. The van der Waals surface area contributed by atoms with Gasteiger partial charge in [0.1, 0.15) is 0 Å². The first-order chi connectivity index (χ1) is 6.77. The Kier molecular flexibility index (Phi) is 2.70. The zero-order chi connectivity index (χ0) is 9.97. The largest absolute Gasteiger partial charge is 0.356 e. The van der Waals surface area contributed by atoms with E-state index in [4.69, 9.17) is 5.41 Å². The maximum absolute atomic E-state index is 11.0. The average molecular weight is 195 g/mol. The number of carbonyl (C=O) groups is 1. The summed E-state index contributed by atoms with van der Waals surface area (Å²) in [7, 11) is 0. The molecule has 0 radical (unpaired) electrons. The second-order valence-electron chi connectivity index (χ2n) is 4.09. The van der Waals surface area contributed by atoms with E-state index in [0.717, 1.165) is 38.2 Å². The molecule has 1 atom stereocenters. The minimum atomic E-state index is 0.157. The van der Waals surface area contributed by atoms with E-state index in [-0.39, 0.29) is 5.91 Å². The molecule has 0 aromatic heterocycles. The summed E-state index contributed by atoms with van der Waals surface area (Å²) < 4.78 is 0. The number of hydrogen-bond acceptors (Lipinski definition) is 2. The van der Waals surface area contributed by atoms with Crippen LogP contribution in [0.4, 0.5) is 0 Å². The highest BCUT2D eigenvalue weighted by molar-refractivity contribution is 5.81. The lowest BCUT2D eigenvalue weighted by atomic mass is 10.0. The van der Waals surface area contributed by atoms with Gasteiger partial charge >= 0.3 is 0 Å². The molecule has 0 aromatic carbocycles. The molecular weight excluding hydrogens is 178 g/mol. The van der Waals surface area contributed by atoms with Crippen molar-refractivity contribution in [2.24, 2.45) is 0 Å². The third-order valence-corrected chi connectivity index (χ3v) is 3.09. The van der Waals surface area contributed by atoms with Crippen molar-refractivity contribution in [3.05, 3.63) is 0 Å². The molecule has 2 N–H and O–H groups in total. The van der Waals surface area contributed by atoms with Crippen LogP contribution in [0, 0.1) is 5.41 Å². The van der Waals surface area contributed by atoms with E-state index >= 15 is 0 Å². The van der Waals surface area contributed by atoms with Gasteiger partial charge in [-0.15, -0.1) is 0 Å². The number of rotatable bonds is 1. The summed E-state index contributed by atoms with van der Waals surface area (Å²) in [5.74, 6) is 0.919. The van der Waals surface area contributed by atoms with Gasteiger partial charge in [0.15, 0.2) is 0 Å². The smallest absolute Gasteiger partial charge is 0.220 e. The van der Waals surface area contributed by atoms with Crippen LogP contribution in [-0.2, 0) is 4.79 Å². The highest BCUT2D eigenvalue weighted by Gasteiger charge is 2.26. The van der Waals surface area contributed by atoms with E-state index in [1.807, 2.05) is 0 Å². The van der Waals surface area contributed by atoms with Crippen molar-refractivity contribution >= 4 is 11.7 Å². The normalized spacial score (nSPS) is 28.9.